The molecule has 0 aliphatic carbocycles. The molecule has 1 aromatic carbocycles. The molecule has 0 radical (unpaired) electrons. The van der Waals surface area contributed by atoms with Crippen LogP contribution in [0.1, 0.15) is 5.82 Å². The molecule has 0 aliphatic rings. The minimum atomic E-state index is -0.363. The van der Waals surface area contributed by atoms with Gasteiger partial charge in [-0.1, -0.05) is 11.6 Å². The average Bonchev–Trinajstić information content (AvgIpc) is 3.20. The normalized spacial score (nSPS) is 10.4. The number of methoxy groups -OCH3 is 1. The number of nitrogens with zero attached hydrogens (tertiary/aromatic N) is 4. The molecule has 3 aromatic rings. The van der Waals surface area contributed by atoms with Gasteiger partial charge in [0.25, 0.3) is 0 Å². The van der Waals surface area contributed by atoms with Crippen molar-refractivity contribution < 1.29 is 9.53 Å². The third-order valence-electron chi connectivity index (χ3n) is 3.69. The Hall–Kier alpha value is -3.33. The molecule has 28 heavy (non-hydrogen) atoms. The van der Waals surface area contributed by atoms with Crippen LogP contribution in [-0.4, -0.2) is 46.0 Å². The molecule has 0 aliphatic heterocycles. The number of aryl methyl sites for hydroxylation is 1. The molecule has 3 N–H and O–H groups in total. The Kier molecular flexibility index (Phi) is 6.28. The lowest BCUT2D eigenvalue weighted by molar-refractivity contribution is 0.252. The van der Waals surface area contributed by atoms with Gasteiger partial charge in [0.1, 0.15) is 17.4 Å². The number of carbonyl (C=O) groups is 1. The summed E-state index contributed by atoms with van der Waals surface area (Å²) >= 11 is 5.96. The number of anilines is 2. The summed E-state index contributed by atoms with van der Waals surface area (Å²) in [5.41, 5.74) is 0.496. The molecule has 0 saturated carbocycles. The van der Waals surface area contributed by atoms with E-state index in [-0.39, 0.29) is 6.03 Å². The van der Waals surface area contributed by atoms with E-state index in [2.05, 4.69) is 31.0 Å². The van der Waals surface area contributed by atoms with Crippen LogP contribution in [0, 0.1) is 6.92 Å². The van der Waals surface area contributed by atoms with Gasteiger partial charge in [-0.15, -0.1) is 0 Å². The van der Waals surface area contributed by atoms with E-state index >= 15 is 0 Å². The molecule has 0 saturated heterocycles. The summed E-state index contributed by atoms with van der Waals surface area (Å²) in [7, 11) is 1.53. The molecule has 2 amide bonds. The number of hydrogen-bond donors (Lipinski definition) is 3. The van der Waals surface area contributed by atoms with Crippen molar-refractivity contribution in [2.24, 2.45) is 0 Å². The maximum atomic E-state index is 12.1. The quantitative estimate of drug-likeness (QED) is 0.525. The van der Waals surface area contributed by atoms with Gasteiger partial charge < -0.3 is 20.7 Å². The number of benzene rings is 1. The predicted octanol–water partition coefficient (Wildman–Crippen LogP) is 2.87. The van der Waals surface area contributed by atoms with Crippen molar-refractivity contribution in [3.05, 3.63) is 53.6 Å². The highest BCUT2D eigenvalue weighted by Crippen LogP contribution is 2.27. The zero-order valence-electron chi connectivity index (χ0n) is 15.4. The first-order valence-electron chi connectivity index (χ1n) is 8.53. The number of amides is 2. The highest BCUT2D eigenvalue weighted by molar-refractivity contribution is 6.31. The van der Waals surface area contributed by atoms with Gasteiger partial charge in [-0.3, -0.25) is 0 Å². The maximum absolute atomic E-state index is 12.1. The zero-order valence-corrected chi connectivity index (χ0v) is 16.2. The van der Waals surface area contributed by atoms with Gasteiger partial charge in [0, 0.05) is 36.6 Å². The maximum Gasteiger partial charge on any atom is 0.319 e. The highest BCUT2D eigenvalue weighted by Gasteiger charge is 2.08. The van der Waals surface area contributed by atoms with Crippen molar-refractivity contribution in [2.45, 2.75) is 6.92 Å². The number of halogens is 1. The topological polar surface area (TPSA) is 106 Å². The fourth-order valence-corrected chi connectivity index (χ4v) is 2.65. The van der Waals surface area contributed by atoms with Gasteiger partial charge in [-0.25, -0.2) is 19.4 Å². The van der Waals surface area contributed by atoms with Crippen molar-refractivity contribution in [1.82, 2.24) is 25.1 Å². The van der Waals surface area contributed by atoms with Gasteiger partial charge in [0.2, 0.25) is 0 Å². The van der Waals surface area contributed by atoms with E-state index < -0.39 is 0 Å². The van der Waals surface area contributed by atoms with E-state index in [4.69, 9.17) is 16.3 Å². The number of aromatic nitrogens is 4. The Balaban J connectivity index is 1.51. The highest BCUT2D eigenvalue weighted by atomic mass is 35.5. The van der Waals surface area contributed by atoms with E-state index in [9.17, 15) is 4.79 Å². The SMILES string of the molecule is COc1ccc(Cl)cc1NC(=O)NCCNc1cc(-n2cccn2)nc(C)n1. The van der Waals surface area contributed by atoms with Crippen LogP contribution in [0.4, 0.5) is 16.3 Å². The lowest BCUT2D eigenvalue weighted by atomic mass is 10.3. The predicted molar refractivity (Wildman–Crippen MR) is 107 cm³/mol. The van der Waals surface area contributed by atoms with Gasteiger partial charge in [0.15, 0.2) is 5.82 Å². The Labute approximate surface area is 167 Å². The number of hydrogen-bond acceptors (Lipinski definition) is 6. The standard InChI is InChI=1S/C18H20ClN7O2/c1-12-23-16(11-17(24-12)26-9-3-6-22-26)20-7-8-21-18(27)25-14-10-13(19)4-5-15(14)28-2/h3-6,9-11H,7-8H2,1-2H3,(H,20,23,24)(H2,21,25,27). The Morgan fingerprint density at radius 1 is 1.25 bits per heavy atom. The molecule has 9 nitrogen and oxygen atoms in total. The number of carbonyl (C=O) groups excluding carboxylic acids is 1. The summed E-state index contributed by atoms with van der Waals surface area (Å²) in [6.45, 7) is 2.67. The van der Waals surface area contributed by atoms with Crippen LogP contribution < -0.4 is 20.7 Å². The van der Waals surface area contributed by atoms with Crippen molar-refractivity contribution in [1.29, 1.82) is 0 Å². The Bertz CT molecular complexity index is 947. The summed E-state index contributed by atoms with van der Waals surface area (Å²) in [5, 5.41) is 13.3. The first-order valence-corrected chi connectivity index (χ1v) is 8.91. The lowest BCUT2D eigenvalue weighted by Gasteiger charge is -2.12. The van der Waals surface area contributed by atoms with Gasteiger partial charge in [-0.2, -0.15) is 5.10 Å². The lowest BCUT2D eigenvalue weighted by Crippen LogP contribution is -2.32. The average molecular weight is 402 g/mol. The molecule has 2 heterocycles. The summed E-state index contributed by atoms with van der Waals surface area (Å²) in [5.74, 6) is 2.46. The second kappa shape index (κ2) is 9.05. The first kappa shape index (κ1) is 19.4. The molecule has 0 fully saturated rings. The van der Waals surface area contributed by atoms with Crippen LogP contribution in [0.15, 0.2) is 42.7 Å². The minimum absolute atomic E-state index is 0.363. The van der Waals surface area contributed by atoms with Crippen LogP contribution in [0.5, 0.6) is 5.75 Å². The van der Waals surface area contributed by atoms with E-state index in [1.165, 1.54) is 7.11 Å². The fourth-order valence-electron chi connectivity index (χ4n) is 2.48. The third-order valence-corrected chi connectivity index (χ3v) is 3.93. The summed E-state index contributed by atoms with van der Waals surface area (Å²) in [6, 6.07) is 8.25. The summed E-state index contributed by atoms with van der Waals surface area (Å²) in [6.07, 6.45) is 3.49. The van der Waals surface area contributed by atoms with Crippen LogP contribution in [0.25, 0.3) is 5.82 Å². The van der Waals surface area contributed by atoms with E-state index in [0.29, 0.717) is 47.0 Å². The van der Waals surface area contributed by atoms with E-state index in [1.807, 2.05) is 19.2 Å². The zero-order chi connectivity index (χ0) is 19.9. The monoisotopic (exact) mass is 401 g/mol. The van der Waals surface area contributed by atoms with Crippen molar-refractivity contribution in [3.8, 4) is 11.6 Å². The molecule has 10 heteroatoms. The number of urea groups is 1. The van der Waals surface area contributed by atoms with E-state index in [0.717, 1.165) is 0 Å². The van der Waals surface area contributed by atoms with Gasteiger partial charge in [-0.05, 0) is 31.2 Å². The number of ether oxygens (including phenoxy) is 1. The molecular weight excluding hydrogens is 382 g/mol. The smallest absolute Gasteiger partial charge is 0.319 e. The molecular formula is C18H20ClN7O2. The van der Waals surface area contributed by atoms with Crippen molar-refractivity contribution in [3.63, 3.8) is 0 Å². The molecule has 0 atom stereocenters. The number of rotatable bonds is 7. The Morgan fingerprint density at radius 2 is 2.11 bits per heavy atom. The summed E-state index contributed by atoms with van der Waals surface area (Å²) in [4.78, 5) is 20.8. The van der Waals surface area contributed by atoms with Crippen LogP contribution >= 0.6 is 11.6 Å². The number of nitrogens with one attached hydrogen (secondary N) is 3. The van der Waals surface area contributed by atoms with Crippen LogP contribution in [0.3, 0.4) is 0 Å². The fraction of sp³-hybridized carbons (Fsp3) is 0.222. The summed E-state index contributed by atoms with van der Waals surface area (Å²) < 4.78 is 6.86. The molecule has 146 valence electrons. The van der Waals surface area contributed by atoms with Crippen LogP contribution in [-0.2, 0) is 0 Å². The van der Waals surface area contributed by atoms with E-state index in [1.54, 1.807) is 35.1 Å². The van der Waals surface area contributed by atoms with Crippen molar-refractivity contribution in [2.75, 3.05) is 30.8 Å². The van der Waals surface area contributed by atoms with Gasteiger partial charge in [0.05, 0.1) is 12.8 Å². The molecule has 2 aromatic heterocycles. The first-order chi connectivity index (χ1) is 13.5. The van der Waals surface area contributed by atoms with Gasteiger partial charge >= 0.3 is 6.03 Å². The largest absolute Gasteiger partial charge is 0.495 e. The second-order valence-corrected chi connectivity index (χ2v) is 6.20. The third kappa shape index (κ3) is 5.10. The Morgan fingerprint density at radius 3 is 2.86 bits per heavy atom. The second-order valence-electron chi connectivity index (χ2n) is 5.76. The molecule has 0 unspecified atom stereocenters. The minimum Gasteiger partial charge on any atom is -0.495 e. The molecule has 0 spiro atoms. The molecule has 3 rings (SSSR count). The molecule has 0 bridgehead atoms. The van der Waals surface area contributed by atoms with Crippen molar-refractivity contribution >= 4 is 29.1 Å². The van der Waals surface area contributed by atoms with Crippen LogP contribution in [0.2, 0.25) is 5.02 Å².